The Morgan fingerprint density at radius 1 is 1.38 bits per heavy atom. The highest BCUT2D eigenvalue weighted by Crippen LogP contribution is 2.54. The van der Waals surface area contributed by atoms with E-state index in [2.05, 4.69) is 0 Å². The molecule has 0 spiro atoms. The van der Waals surface area contributed by atoms with Crippen LogP contribution >= 0.6 is 0 Å². The van der Waals surface area contributed by atoms with Crippen LogP contribution in [0, 0.1) is 11.8 Å². The third kappa shape index (κ3) is 2.30. The van der Waals surface area contributed by atoms with Crippen molar-refractivity contribution in [2.24, 2.45) is 17.6 Å². The van der Waals surface area contributed by atoms with Gasteiger partial charge in [0.25, 0.3) is 0 Å². The van der Waals surface area contributed by atoms with E-state index < -0.39 is 5.60 Å². The molecule has 0 radical (unpaired) electrons. The minimum Gasteiger partial charge on any atom is -0.497 e. The fourth-order valence-electron chi connectivity index (χ4n) is 3.90. The number of benzene rings is 1. The number of fused-ring (bicyclic) bond motifs is 4. The third-order valence-corrected chi connectivity index (χ3v) is 4.81. The molecule has 1 fully saturated rings. The summed E-state index contributed by atoms with van der Waals surface area (Å²) in [5, 5.41) is 0. The Morgan fingerprint density at radius 3 is 2.86 bits per heavy atom. The van der Waals surface area contributed by atoms with Crippen LogP contribution in [0.2, 0.25) is 0 Å². The Kier molecular flexibility index (Phi) is 3.63. The maximum Gasteiger partial charge on any atom is 0.220 e. The van der Waals surface area contributed by atoms with E-state index in [1.807, 2.05) is 18.2 Å². The molecule has 2 aliphatic rings. The molecule has 1 amide bonds. The number of methoxy groups -OCH3 is 2. The van der Waals surface area contributed by atoms with Crippen LogP contribution in [0.5, 0.6) is 5.75 Å². The van der Waals surface area contributed by atoms with Gasteiger partial charge in [-0.2, -0.15) is 0 Å². The molecule has 2 N–H and O–H groups in total. The zero-order valence-electron chi connectivity index (χ0n) is 12.4. The Morgan fingerprint density at radius 2 is 2.19 bits per heavy atom. The molecule has 0 saturated heterocycles. The van der Waals surface area contributed by atoms with E-state index in [4.69, 9.17) is 19.9 Å². The van der Waals surface area contributed by atoms with Gasteiger partial charge in [-0.25, -0.2) is 0 Å². The number of hydrogen-bond acceptors (Lipinski definition) is 4. The molecular formula is C16H21NO4. The van der Waals surface area contributed by atoms with E-state index in [1.54, 1.807) is 14.2 Å². The van der Waals surface area contributed by atoms with E-state index >= 15 is 0 Å². The van der Waals surface area contributed by atoms with Crippen molar-refractivity contribution in [3.05, 3.63) is 29.3 Å². The number of ether oxygens (including phenoxy) is 3. The van der Waals surface area contributed by atoms with Crippen LogP contribution in [0.15, 0.2) is 18.2 Å². The molecule has 21 heavy (non-hydrogen) atoms. The molecule has 3 atom stereocenters. The van der Waals surface area contributed by atoms with Crippen molar-refractivity contribution in [1.82, 2.24) is 0 Å². The quantitative estimate of drug-likeness (QED) is 0.836. The molecule has 3 rings (SSSR count). The minimum absolute atomic E-state index is 0.139. The lowest BCUT2D eigenvalue weighted by molar-refractivity contribution is -0.139. The summed E-state index contributed by atoms with van der Waals surface area (Å²) in [6.07, 6.45) is 2.30. The second-order valence-electron chi connectivity index (χ2n) is 5.95. The van der Waals surface area contributed by atoms with Crippen LogP contribution in [-0.4, -0.2) is 26.9 Å². The van der Waals surface area contributed by atoms with Gasteiger partial charge in [0.1, 0.15) is 12.5 Å². The van der Waals surface area contributed by atoms with Gasteiger partial charge in [0, 0.05) is 13.0 Å². The highest BCUT2D eigenvalue weighted by Gasteiger charge is 2.53. The van der Waals surface area contributed by atoms with Crippen molar-refractivity contribution in [3.63, 3.8) is 0 Å². The van der Waals surface area contributed by atoms with E-state index in [9.17, 15) is 4.79 Å². The predicted octanol–water partition coefficient (Wildman–Crippen LogP) is 1.58. The molecule has 0 heterocycles. The first-order valence-electron chi connectivity index (χ1n) is 7.19. The van der Waals surface area contributed by atoms with Crippen molar-refractivity contribution in [3.8, 4) is 5.75 Å². The Bertz CT molecular complexity index is 559. The fraction of sp³-hybridized carbons (Fsp3) is 0.562. The summed E-state index contributed by atoms with van der Waals surface area (Å²) in [6.45, 7) is 0.212. The lowest BCUT2D eigenvalue weighted by Gasteiger charge is -2.35. The van der Waals surface area contributed by atoms with E-state index in [0.29, 0.717) is 6.42 Å². The van der Waals surface area contributed by atoms with Crippen molar-refractivity contribution in [2.45, 2.75) is 24.9 Å². The number of carbonyl (C=O) groups excluding carboxylic acids is 1. The lowest BCUT2D eigenvalue weighted by atomic mass is 9.79. The maximum atomic E-state index is 11.7. The first kappa shape index (κ1) is 14.4. The molecule has 114 valence electrons. The number of rotatable bonds is 5. The summed E-state index contributed by atoms with van der Waals surface area (Å²) in [7, 11) is 3.26. The standard InChI is InChI=1S/C16H21NO4/c1-19-9-21-16-7-11(13(8-16)15(17)18)5-10-6-12(20-2)3-4-14(10)16/h3-4,6,11,13H,5,7-9H2,1-2H3,(H2,17,18)/t11-,13+,16-/m1/s1. The molecule has 0 unspecified atom stereocenters. The molecule has 1 aromatic carbocycles. The average molecular weight is 291 g/mol. The van der Waals surface area contributed by atoms with E-state index in [0.717, 1.165) is 24.2 Å². The maximum absolute atomic E-state index is 11.7. The van der Waals surface area contributed by atoms with Gasteiger partial charge < -0.3 is 19.9 Å². The monoisotopic (exact) mass is 291 g/mol. The molecular weight excluding hydrogens is 270 g/mol. The van der Waals surface area contributed by atoms with Gasteiger partial charge in [-0.1, -0.05) is 6.07 Å². The van der Waals surface area contributed by atoms with E-state index in [-0.39, 0.29) is 24.5 Å². The SMILES string of the molecule is COCO[C@@]12C[C@@H](Cc3cc(OC)ccc31)[C@@H](C(N)=O)C2. The van der Waals surface area contributed by atoms with Gasteiger partial charge in [-0.05, 0) is 48.4 Å². The van der Waals surface area contributed by atoms with Crippen LogP contribution in [0.3, 0.4) is 0 Å². The second-order valence-corrected chi connectivity index (χ2v) is 5.95. The highest BCUT2D eigenvalue weighted by atomic mass is 16.7. The zero-order valence-corrected chi connectivity index (χ0v) is 12.4. The molecule has 0 aromatic heterocycles. The minimum atomic E-state index is -0.458. The third-order valence-electron chi connectivity index (χ3n) is 4.81. The van der Waals surface area contributed by atoms with Crippen LogP contribution in [0.25, 0.3) is 0 Å². The largest absolute Gasteiger partial charge is 0.497 e. The zero-order chi connectivity index (χ0) is 15.0. The van der Waals surface area contributed by atoms with Gasteiger partial charge in [0.2, 0.25) is 5.91 Å². The molecule has 0 aliphatic heterocycles. The van der Waals surface area contributed by atoms with Crippen molar-refractivity contribution >= 4 is 5.91 Å². The van der Waals surface area contributed by atoms with Gasteiger partial charge in [-0.3, -0.25) is 4.79 Å². The summed E-state index contributed by atoms with van der Waals surface area (Å²) in [5.74, 6) is 0.689. The van der Waals surface area contributed by atoms with Crippen LogP contribution < -0.4 is 10.5 Å². The van der Waals surface area contributed by atoms with Crippen molar-refractivity contribution in [1.29, 1.82) is 0 Å². The summed E-state index contributed by atoms with van der Waals surface area (Å²) in [6, 6.07) is 6.02. The summed E-state index contributed by atoms with van der Waals surface area (Å²) >= 11 is 0. The Balaban J connectivity index is 2.02. The Hall–Kier alpha value is -1.59. The lowest BCUT2D eigenvalue weighted by Crippen LogP contribution is -2.32. The molecule has 1 aromatic rings. The molecule has 5 nitrogen and oxygen atoms in total. The normalized spacial score (nSPS) is 30.0. The first-order chi connectivity index (χ1) is 10.1. The highest BCUT2D eigenvalue weighted by molar-refractivity contribution is 5.78. The van der Waals surface area contributed by atoms with Crippen LogP contribution in [-0.2, 0) is 26.3 Å². The first-order valence-corrected chi connectivity index (χ1v) is 7.19. The predicted molar refractivity (Wildman–Crippen MR) is 76.7 cm³/mol. The number of amides is 1. The number of hydrogen-bond donors (Lipinski definition) is 1. The smallest absolute Gasteiger partial charge is 0.220 e. The summed E-state index contributed by atoms with van der Waals surface area (Å²) < 4.78 is 16.4. The average Bonchev–Trinajstić information content (AvgIpc) is 2.79. The van der Waals surface area contributed by atoms with Gasteiger partial charge >= 0.3 is 0 Å². The van der Waals surface area contributed by atoms with Crippen LogP contribution in [0.4, 0.5) is 0 Å². The second kappa shape index (κ2) is 5.31. The fourth-order valence-corrected chi connectivity index (χ4v) is 3.90. The van der Waals surface area contributed by atoms with Crippen molar-refractivity contribution < 1.29 is 19.0 Å². The topological polar surface area (TPSA) is 70.8 Å². The van der Waals surface area contributed by atoms with Gasteiger partial charge in [0.15, 0.2) is 0 Å². The summed E-state index contributed by atoms with van der Waals surface area (Å²) in [5.41, 5.74) is 7.45. The van der Waals surface area contributed by atoms with Gasteiger partial charge in [0.05, 0.1) is 12.7 Å². The number of nitrogens with two attached hydrogens (primary N) is 1. The van der Waals surface area contributed by atoms with Crippen LogP contribution in [0.1, 0.15) is 24.0 Å². The van der Waals surface area contributed by atoms with E-state index in [1.165, 1.54) is 5.56 Å². The summed E-state index contributed by atoms with van der Waals surface area (Å²) in [4.78, 5) is 11.7. The molecule has 5 heteroatoms. The molecule has 2 bridgehead atoms. The molecule has 1 saturated carbocycles. The van der Waals surface area contributed by atoms with Gasteiger partial charge in [-0.15, -0.1) is 0 Å². The number of carbonyl (C=O) groups is 1. The van der Waals surface area contributed by atoms with Crippen molar-refractivity contribution in [2.75, 3.05) is 21.0 Å². The molecule has 2 aliphatic carbocycles. The number of primary amides is 1. The Labute approximate surface area is 124 Å².